The normalized spacial score (nSPS) is 21.7. The van der Waals surface area contributed by atoms with Gasteiger partial charge in [0.15, 0.2) is 0 Å². The molecule has 3 nitrogen and oxygen atoms in total. The first kappa shape index (κ1) is 14.9. The minimum atomic E-state index is 0.642. The van der Waals surface area contributed by atoms with Gasteiger partial charge in [-0.2, -0.15) is 0 Å². The zero-order valence-electron chi connectivity index (χ0n) is 13.4. The fraction of sp³-hybridized carbons (Fsp3) is 0.667. The van der Waals surface area contributed by atoms with Gasteiger partial charge in [-0.1, -0.05) is 24.1 Å². The number of anilines is 1. The number of piperidine rings is 2. The Morgan fingerprint density at radius 2 is 1.76 bits per heavy atom. The van der Waals surface area contributed by atoms with Gasteiger partial charge in [0.25, 0.3) is 0 Å². The number of nitrogens with two attached hydrogens (primary N) is 1. The van der Waals surface area contributed by atoms with Gasteiger partial charge in [-0.3, -0.25) is 0 Å². The smallest absolute Gasteiger partial charge is 0.0411 e. The maximum atomic E-state index is 5.94. The van der Waals surface area contributed by atoms with Crippen LogP contribution in [0.3, 0.4) is 0 Å². The molecule has 2 fully saturated rings. The molecule has 0 atom stereocenters. The van der Waals surface area contributed by atoms with Crippen LogP contribution >= 0.6 is 0 Å². The van der Waals surface area contributed by atoms with E-state index in [2.05, 4.69) is 34.9 Å². The molecule has 1 aromatic rings. The second-order valence-electron chi connectivity index (χ2n) is 6.65. The van der Waals surface area contributed by atoms with Crippen LogP contribution in [0.4, 0.5) is 5.69 Å². The predicted molar refractivity (Wildman–Crippen MR) is 89.7 cm³/mol. The molecule has 0 aromatic heterocycles. The molecule has 0 unspecified atom stereocenters. The lowest BCUT2D eigenvalue weighted by Crippen LogP contribution is -2.47. The lowest BCUT2D eigenvalue weighted by atomic mass is 9.98. The molecule has 0 bridgehead atoms. The zero-order chi connectivity index (χ0) is 14.7. The second kappa shape index (κ2) is 6.80. The van der Waals surface area contributed by atoms with Crippen molar-refractivity contribution >= 4 is 5.69 Å². The number of benzene rings is 1. The number of hydrogen-bond acceptors (Lipinski definition) is 3. The van der Waals surface area contributed by atoms with Crippen molar-refractivity contribution < 1.29 is 0 Å². The van der Waals surface area contributed by atoms with Crippen LogP contribution in [-0.4, -0.2) is 37.1 Å². The Hall–Kier alpha value is -1.06. The van der Waals surface area contributed by atoms with Gasteiger partial charge >= 0.3 is 0 Å². The van der Waals surface area contributed by atoms with Crippen molar-refractivity contribution in [3.63, 3.8) is 0 Å². The largest absolute Gasteiger partial charge is 0.371 e. The van der Waals surface area contributed by atoms with Gasteiger partial charge in [0, 0.05) is 31.4 Å². The molecule has 2 N–H and O–H groups in total. The Bertz CT molecular complexity index is 458. The molecule has 116 valence electrons. The van der Waals surface area contributed by atoms with Gasteiger partial charge in [-0.05, 0) is 57.3 Å². The lowest BCUT2D eigenvalue weighted by molar-refractivity contribution is 0.141. The molecular weight excluding hydrogens is 258 g/mol. The van der Waals surface area contributed by atoms with Crippen LogP contribution in [0.15, 0.2) is 18.2 Å². The van der Waals surface area contributed by atoms with Crippen molar-refractivity contribution in [3.05, 3.63) is 29.3 Å². The second-order valence-corrected chi connectivity index (χ2v) is 6.65. The van der Waals surface area contributed by atoms with E-state index in [4.69, 9.17) is 5.73 Å². The highest BCUT2D eigenvalue weighted by atomic mass is 15.2. The molecule has 3 heteroatoms. The molecule has 2 saturated heterocycles. The molecule has 3 rings (SSSR count). The van der Waals surface area contributed by atoms with Crippen molar-refractivity contribution in [1.82, 2.24) is 4.90 Å². The molecule has 2 aliphatic rings. The monoisotopic (exact) mass is 287 g/mol. The Morgan fingerprint density at radius 3 is 2.43 bits per heavy atom. The summed E-state index contributed by atoms with van der Waals surface area (Å²) in [6.07, 6.45) is 6.83. The summed E-state index contributed by atoms with van der Waals surface area (Å²) in [6, 6.07) is 7.53. The average molecular weight is 287 g/mol. The topological polar surface area (TPSA) is 32.5 Å². The first-order valence-electron chi connectivity index (χ1n) is 8.56. The Labute approximate surface area is 129 Å². The maximum Gasteiger partial charge on any atom is 0.0411 e. The van der Waals surface area contributed by atoms with Crippen LogP contribution in [0.2, 0.25) is 0 Å². The summed E-state index contributed by atoms with van der Waals surface area (Å²) in [5, 5.41) is 0. The van der Waals surface area contributed by atoms with E-state index in [1.807, 2.05) is 0 Å². The maximum absolute atomic E-state index is 5.94. The van der Waals surface area contributed by atoms with E-state index in [1.54, 1.807) is 0 Å². The summed E-state index contributed by atoms with van der Waals surface area (Å²) < 4.78 is 0. The van der Waals surface area contributed by atoms with Crippen molar-refractivity contribution in [2.45, 2.75) is 51.6 Å². The molecule has 2 heterocycles. The van der Waals surface area contributed by atoms with E-state index in [1.165, 1.54) is 75.1 Å². The molecule has 0 radical (unpaired) electrons. The minimum absolute atomic E-state index is 0.642. The molecule has 1 aromatic carbocycles. The summed E-state index contributed by atoms with van der Waals surface area (Å²) in [7, 11) is 0. The minimum Gasteiger partial charge on any atom is -0.371 e. The van der Waals surface area contributed by atoms with Crippen molar-refractivity contribution in [3.8, 4) is 0 Å². The van der Waals surface area contributed by atoms with E-state index >= 15 is 0 Å². The number of hydrogen-bond donors (Lipinski definition) is 1. The van der Waals surface area contributed by atoms with Gasteiger partial charge in [-0.25, -0.2) is 0 Å². The van der Waals surface area contributed by atoms with E-state index in [9.17, 15) is 0 Å². The van der Waals surface area contributed by atoms with Gasteiger partial charge in [-0.15, -0.1) is 0 Å². The number of nitrogens with zero attached hydrogens (tertiary/aromatic N) is 2. The van der Waals surface area contributed by atoms with Crippen LogP contribution < -0.4 is 10.6 Å². The number of likely N-dealkylation sites (tertiary alicyclic amines) is 1. The third-order valence-corrected chi connectivity index (χ3v) is 5.17. The highest BCUT2D eigenvalue weighted by Gasteiger charge is 2.26. The van der Waals surface area contributed by atoms with Crippen LogP contribution in [0, 0.1) is 6.92 Å². The fourth-order valence-corrected chi connectivity index (χ4v) is 3.94. The third kappa shape index (κ3) is 3.41. The molecule has 0 saturated carbocycles. The van der Waals surface area contributed by atoms with Gasteiger partial charge in [0.05, 0.1) is 0 Å². The third-order valence-electron chi connectivity index (χ3n) is 5.17. The highest BCUT2D eigenvalue weighted by molar-refractivity contribution is 5.55. The van der Waals surface area contributed by atoms with Crippen molar-refractivity contribution in [2.75, 3.05) is 31.1 Å². The molecule has 2 aliphatic heterocycles. The van der Waals surface area contributed by atoms with Crippen LogP contribution in [0.1, 0.15) is 43.2 Å². The summed E-state index contributed by atoms with van der Waals surface area (Å²) >= 11 is 0. The number of rotatable bonds is 3. The summed E-state index contributed by atoms with van der Waals surface area (Å²) in [6.45, 7) is 7.79. The van der Waals surface area contributed by atoms with E-state index in [0.717, 1.165) is 6.04 Å². The van der Waals surface area contributed by atoms with Gasteiger partial charge < -0.3 is 15.5 Å². The van der Waals surface area contributed by atoms with Crippen molar-refractivity contribution in [1.29, 1.82) is 0 Å². The van der Waals surface area contributed by atoms with Gasteiger partial charge in [0.1, 0.15) is 0 Å². The first-order valence-corrected chi connectivity index (χ1v) is 8.56. The quantitative estimate of drug-likeness (QED) is 0.928. The number of aryl methyl sites for hydroxylation is 1. The van der Waals surface area contributed by atoms with E-state index in [0.29, 0.717) is 6.54 Å². The first-order chi connectivity index (χ1) is 10.3. The van der Waals surface area contributed by atoms with Crippen LogP contribution in [-0.2, 0) is 6.54 Å². The van der Waals surface area contributed by atoms with Gasteiger partial charge in [0.2, 0.25) is 0 Å². The molecule has 0 aliphatic carbocycles. The van der Waals surface area contributed by atoms with Crippen LogP contribution in [0.25, 0.3) is 0 Å². The SMILES string of the molecule is Cc1ccc(N2CCC(N3CCCCC3)CC2)c(CN)c1. The fourth-order valence-electron chi connectivity index (χ4n) is 3.94. The summed E-state index contributed by atoms with van der Waals surface area (Å²) in [4.78, 5) is 5.28. The predicted octanol–water partition coefficient (Wildman–Crippen LogP) is 2.91. The van der Waals surface area contributed by atoms with E-state index in [-0.39, 0.29) is 0 Å². The summed E-state index contributed by atoms with van der Waals surface area (Å²) in [5.74, 6) is 0. The molecular formula is C18H29N3. The lowest BCUT2D eigenvalue weighted by Gasteiger charge is -2.41. The zero-order valence-corrected chi connectivity index (χ0v) is 13.4. The molecule has 21 heavy (non-hydrogen) atoms. The van der Waals surface area contributed by atoms with E-state index < -0.39 is 0 Å². The Morgan fingerprint density at radius 1 is 1.05 bits per heavy atom. The average Bonchev–Trinajstić information content (AvgIpc) is 2.56. The Balaban J connectivity index is 1.62. The molecule has 0 amide bonds. The van der Waals surface area contributed by atoms with Crippen LogP contribution in [0.5, 0.6) is 0 Å². The summed E-state index contributed by atoms with van der Waals surface area (Å²) in [5.41, 5.74) is 9.90. The standard InChI is InChI=1S/C18H29N3/c1-15-5-6-18(16(13-15)14-19)21-11-7-17(8-12-21)20-9-3-2-4-10-20/h5-6,13,17H,2-4,7-12,14,19H2,1H3. The molecule has 0 spiro atoms. The van der Waals surface area contributed by atoms with Crippen molar-refractivity contribution in [2.24, 2.45) is 5.73 Å². The Kier molecular flexibility index (Phi) is 4.81. The highest BCUT2D eigenvalue weighted by Crippen LogP contribution is 2.27.